The van der Waals surface area contributed by atoms with Crippen molar-refractivity contribution in [3.8, 4) is 11.8 Å². The highest BCUT2D eigenvalue weighted by atomic mass is 19.1. The van der Waals surface area contributed by atoms with Crippen LogP contribution in [0.4, 0.5) is 4.39 Å². The minimum Gasteiger partial charge on any atom is -0.384 e. The quantitative estimate of drug-likeness (QED) is 0.803. The highest BCUT2D eigenvalue weighted by Crippen LogP contribution is 2.10. The van der Waals surface area contributed by atoms with Crippen LogP contribution in [0.1, 0.15) is 22.8 Å². The topological polar surface area (TPSA) is 52.6 Å². The molecule has 1 unspecified atom stereocenters. The Bertz CT molecular complexity index is 532. The molecule has 1 atom stereocenters. The summed E-state index contributed by atoms with van der Waals surface area (Å²) in [5.74, 6) is 4.05. The number of hydrogen-bond donors (Lipinski definition) is 2. The number of nitrogens with one attached hydrogen (secondary N) is 1. The lowest BCUT2D eigenvalue weighted by Gasteiger charge is -2.18. The molecule has 5 heteroatoms. The van der Waals surface area contributed by atoms with E-state index in [0.717, 1.165) is 0 Å². The van der Waals surface area contributed by atoms with E-state index in [-0.39, 0.29) is 18.2 Å². The predicted octanol–water partition coefficient (Wildman–Crippen LogP) is 0.849. The summed E-state index contributed by atoms with van der Waals surface area (Å²) in [5.41, 5.74) is 0.450. The van der Waals surface area contributed by atoms with Crippen molar-refractivity contribution in [2.75, 3.05) is 27.2 Å². The van der Waals surface area contributed by atoms with Gasteiger partial charge in [0, 0.05) is 18.2 Å². The van der Waals surface area contributed by atoms with Gasteiger partial charge < -0.3 is 15.3 Å². The molecule has 1 aromatic rings. The second-order valence-electron chi connectivity index (χ2n) is 4.79. The Hall–Kier alpha value is -1.90. The standard InChI is InChI=1S/C15H19FN2O2/c1-11(10-18(2)3)17-15(20)13-9-12(5-4-8-19)6-7-14(13)16/h6-7,9,11,19H,8,10H2,1-3H3,(H,17,20). The summed E-state index contributed by atoms with van der Waals surface area (Å²) in [6.45, 7) is 2.24. The number of aliphatic hydroxyl groups is 1. The highest BCUT2D eigenvalue weighted by molar-refractivity contribution is 5.95. The molecule has 4 nitrogen and oxygen atoms in total. The molecule has 0 aliphatic heterocycles. The lowest BCUT2D eigenvalue weighted by Crippen LogP contribution is -2.39. The third-order valence-electron chi connectivity index (χ3n) is 2.54. The largest absolute Gasteiger partial charge is 0.384 e. The summed E-state index contributed by atoms with van der Waals surface area (Å²) >= 11 is 0. The first kappa shape index (κ1) is 16.2. The molecule has 1 amide bonds. The van der Waals surface area contributed by atoms with E-state index in [1.54, 1.807) is 0 Å². The zero-order chi connectivity index (χ0) is 15.1. The molecule has 0 aromatic heterocycles. The average Bonchev–Trinajstić information content (AvgIpc) is 2.36. The van der Waals surface area contributed by atoms with E-state index in [1.165, 1.54) is 18.2 Å². The molecule has 0 heterocycles. The molecular weight excluding hydrogens is 259 g/mol. The van der Waals surface area contributed by atoms with Gasteiger partial charge in [0.1, 0.15) is 12.4 Å². The first-order chi connectivity index (χ1) is 9.43. The fourth-order valence-corrected chi connectivity index (χ4v) is 1.81. The van der Waals surface area contributed by atoms with E-state index in [1.807, 2.05) is 25.9 Å². The Kier molecular flexibility index (Phi) is 6.16. The molecule has 0 spiro atoms. The number of halogens is 1. The second kappa shape index (κ2) is 7.63. The molecule has 0 radical (unpaired) electrons. The highest BCUT2D eigenvalue weighted by Gasteiger charge is 2.14. The Morgan fingerprint density at radius 1 is 1.50 bits per heavy atom. The van der Waals surface area contributed by atoms with Crippen molar-refractivity contribution in [1.29, 1.82) is 0 Å². The van der Waals surface area contributed by atoms with Crippen LogP contribution in [0.2, 0.25) is 0 Å². The van der Waals surface area contributed by atoms with E-state index in [2.05, 4.69) is 17.2 Å². The first-order valence-corrected chi connectivity index (χ1v) is 6.29. The molecule has 0 fully saturated rings. The van der Waals surface area contributed by atoms with Crippen LogP contribution in [0, 0.1) is 17.7 Å². The van der Waals surface area contributed by atoms with Gasteiger partial charge in [0.05, 0.1) is 5.56 Å². The van der Waals surface area contributed by atoms with Crippen molar-refractivity contribution in [3.05, 3.63) is 35.1 Å². The number of carbonyl (C=O) groups excluding carboxylic acids is 1. The fraction of sp³-hybridized carbons (Fsp3) is 0.400. The van der Waals surface area contributed by atoms with Crippen molar-refractivity contribution in [2.24, 2.45) is 0 Å². The fourth-order valence-electron chi connectivity index (χ4n) is 1.81. The number of carbonyl (C=O) groups is 1. The summed E-state index contributed by atoms with van der Waals surface area (Å²) < 4.78 is 13.7. The summed E-state index contributed by atoms with van der Waals surface area (Å²) in [6.07, 6.45) is 0. The summed E-state index contributed by atoms with van der Waals surface area (Å²) in [6, 6.07) is 3.96. The first-order valence-electron chi connectivity index (χ1n) is 6.29. The van der Waals surface area contributed by atoms with Gasteiger partial charge in [-0.2, -0.15) is 0 Å². The van der Waals surface area contributed by atoms with Crippen molar-refractivity contribution in [1.82, 2.24) is 10.2 Å². The van der Waals surface area contributed by atoms with Gasteiger partial charge in [-0.3, -0.25) is 4.79 Å². The van der Waals surface area contributed by atoms with Gasteiger partial charge in [-0.1, -0.05) is 11.8 Å². The molecule has 0 bridgehead atoms. The van der Waals surface area contributed by atoms with Crippen LogP contribution in [-0.4, -0.2) is 49.2 Å². The summed E-state index contributed by atoms with van der Waals surface area (Å²) in [7, 11) is 3.79. The molecule has 0 aliphatic carbocycles. The average molecular weight is 278 g/mol. The molecular formula is C15H19FN2O2. The van der Waals surface area contributed by atoms with Crippen LogP contribution < -0.4 is 5.32 Å². The van der Waals surface area contributed by atoms with E-state index >= 15 is 0 Å². The van der Waals surface area contributed by atoms with Crippen LogP contribution in [0.15, 0.2) is 18.2 Å². The van der Waals surface area contributed by atoms with Crippen LogP contribution in [0.3, 0.4) is 0 Å². The van der Waals surface area contributed by atoms with Crippen LogP contribution in [0.25, 0.3) is 0 Å². The molecule has 1 rings (SSSR count). The molecule has 2 N–H and O–H groups in total. The SMILES string of the molecule is CC(CN(C)C)NC(=O)c1cc(C#CCO)ccc1F. The number of amides is 1. The van der Waals surface area contributed by atoms with E-state index in [4.69, 9.17) is 5.11 Å². The van der Waals surface area contributed by atoms with E-state index < -0.39 is 11.7 Å². The van der Waals surface area contributed by atoms with Crippen molar-refractivity contribution >= 4 is 5.91 Å². The molecule has 0 aliphatic rings. The van der Waals surface area contributed by atoms with E-state index in [9.17, 15) is 9.18 Å². The third-order valence-corrected chi connectivity index (χ3v) is 2.54. The smallest absolute Gasteiger partial charge is 0.254 e. The Balaban J connectivity index is 2.86. The number of nitrogens with zero attached hydrogens (tertiary/aromatic N) is 1. The minimum absolute atomic E-state index is 0.0413. The van der Waals surface area contributed by atoms with Gasteiger partial charge >= 0.3 is 0 Å². The zero-order valence-electron chi connectivity index (χ0n) is 11.9. The minimum atomic E-state index is -0.589. The monoisotopic (exact) mass is 278 g/mol. The Morgan fingerprint density at radius 3 is 2.80 bits per heavy atom. The zero-order valence-corrected chi connectivity index (χ0v) is 11.9. The molecule has 1 aromatic carbocycles. The normalized spacial score (nSPS) is 11.7. The van der Waals surface area contributed by atoms with Crippen molar-refractivity contribution in [2.45, 2.75) is 13.0 Å². The van der Waals surface area contributed by atoms with Crippen LogP contribution in [0.5, 0.6) is 0 Å². The molecule has 20 heavy (non-hydrogen) atoms. The molecule has 0 saturated heterocycles. The van der Waals surface area contributed by atoms with E-state index in [0.29, 0.717) is 12.1 Å². The Morgan fingerprint density at radius 2 is 2.20 bits per heavy atom. The van der Waals surface area contributed by atoms with Gasteiger partial charge in [0.25, 0.3) is 5.91 Å². The number of rotatable bonds is 4. The molecule has 108 valence electrons. The predicted molar refractivity (Wildman–Crippen MR) is 75.8 cm³/mol. The lowest BCUT2D eigenvalue weighted by molar-refractivity contribution is 0.0930. The number of benzene rings is 1. The maximum atomic E-state index is 13.7. The number of aliphatic hydroxyl groups excluding tert-OH is 1. The number of hydrogen-bond acceptors (Lipinski definition) is 3. The van der Waals surface area contributed by atoms with Crippen LogP contribution >= 0.6 is 0 Å². The van der Waals surface area contributed by atoms with Crippen molar-refractivity contribution < 1.29 is 14.3 Å². The maximum Gasteiger partial charge on any atom is 0.254 e. The lowest BCUT2D eigenvalue weighted by atomic mass is 10.1. The van der Waals surface area contributed by atoms with Gasteiger partial charge in [0.2, 0.25) is 0 Å². The summed E-state index contributed by atoms with van der Waals surface area (Å²) in [5, 5.41) is 11.4. The van der Waals surface area contributed by atoms with Crippen molar-refractivity contribution in [3.63, 3.8) is 0 Å². The summed E-state index contributed by atoms with van der Waals surface area (Å²) in [4.78, 5) is 14.0. The van der Waals surface area contributed by atoms with Gasteiger partial charge in [-0.25, -0.2) is 4.39 Å². The van der Waals surface area contributed by atoms with Gasteiger partial charge in [-0.05, 0) is 39.2 Å². The number of likely N-dealkylation sites (N-methyl/N-ethyl adjacent to an activating group) is 1. The molecule has 0 saturated carbocycles. The third kappa shape index (κ3) is 5.00. The Labute approximate surface area is 118 Å². The van der Waals surface area contributed by atoms with Gasteiger partial charge in [0.15, 0.2) is 0 Å². The maximum absolute atomic E-state index is 13.7. The van der Waals surface area contributed by atoms with Gasteiger partial charge in [-0.15, -0.1) is 0 Å². The second-order valence-corrected chi connectivity index (χ2v) is 4.79. The van der Waals surface area contributed by atoms with Crippen LogP contribution in [-0.2, 0) is 0 Å².